The molecule has 1 rings (SSSR count). The van der Waals surface area contributed by atoms with Crippen molar-refractivity contribution in [2.45, 2.75) is 19.8 Å². The third kappa shape index (κ3) is 4.79. The molecule has 0 atom stereocenters. The van der Waals surface area contributed by atoms with E-state index >= 15 is 0 Å². The lowest BCUT2D eigenvalue weighted by atomic mass is 10.2. The second-order valence-electron chi connectivity index (χ2n) is 4.24. The molecule has 0 bridgehead atoms. The molecule has 3 N–H and O–H groups in total. The minimum Gasteiger partial charge on any atom is -0.496 e. The van der Waals surface area contributed by atoms with Crippen LogP contribution in [-0.2, 0) is 9.53 Å². The third-order valence-corrected chi connectivity index (χ3v) is 2.63. The van der Waals surface area contributed by atoms with E-state index in [9.17, 15) is 9.59 Å². The van der Waals surface area contributed by atoms with Gasteiger partial charge in [-0.3, -0.25) is 4.79 Å². The molecule has 1 amide bonds. The van der Waals surface area contributed by atoms with E-state index in [0.29, 0.717) is 18.0 Å². The van der Waals surface area contributed by atoms with E-state index < -0.39 is 5.97 Å². The molecule has 110 valence electrons. The zero-order chi connectivity index (χ0) is 15.0. The highest BCUT2D eigenvalue weighted by atomic mass is 16.5. The topological polar surface area (TPSA) is 90.7 Å². The number of carbonyl (C=O) groups is 2. The number of carbonyl (C=O) groups excluding carboxylic acids is 2. The summed E-state index contributed by atoms with van der Waals surface area (Å²) in [5.41, 5.74) is 6.24. The third-order valence-electron chi connectivity index (χ3n) is 2.63. The van der Waals surface area contributed by atoms with Crippen LogP contribution in [-0.4, -0.2) is 32.1 Å². The maximum absolute atomic E-state index is 11.9. The van der Waals surface area contributed by atoms with Gasteiger partial charge in [-0.05, 0) is 24.6 Å². The monoisotopic (exact) mass is 280 g/mol. The first kappa shape index (κ1) is 15.8. The summed E-state index contributed by atoms with van der Waals surface area (Å²) in [6.45, 7) is 2.28. The quantitative estimate of drug-likeness (QED) is 0.447. The number of anilines is 1. The van der Waals surface area contributed by atoms with E-state index in [0.717, 1.165) is 12.8 Å². The molecular formula is C14H20N2O4. The number of rotatable bonds is 7. The highest BCUT2D eigenvalue weighted by molar-refractivity contribution is 5.94. The predicted molar refractivity (Wildman–Crippen MR) is 75.6 cm³/mol. The summed E-state index contributed by atoms with van der Waals surface area (Å²) in [6.07, 6.45) is 1.88. The second kappa shape index (κ2) is 8.04. The zero-order valence-electron chi connectivity index (χ0n) is 11.8. The summed E-state index contributed by atoms with van der Waals surface area (Å²) in [7, 11) is 1.44. The lowest BCUT2D eigenvalue weighted by Crippen LogP contribution is -2.29. The Labute approximate surface area is 118 Å². The number of nitrogens with one attached hydrogen (secondary N) is 1. The molecule has 0 saturated heterocycles. The lowest BCUT2D eigenvalue weighted by Gasteiger charge is -2.09. The number of unbranched alkanes of at least 4 members (excludes halogenated alkanes) is 1. The highest BCUT2D eigenvalue weighted by Gasteiger charge is 2.15. The maximum atomic E-state index is 11.9. The molecular weight excluding hydrogens is 260 g/mol. The smallest absolute Gasteiger partial charge is 0.342 e. The first-order chi connectivity index (χ1) is 9.58. The van der Waals surface area contributed by atoms with Crippen molar-refractivity contribution in [1.29, 1.82) is 0 Å². The molecule has 1 aromatic rings. The SMILES string of the molecule is CCCCNC(=O)COC(=O)c1cc(N)ccc1OC. The van der Waals surface area contributed by atoms with Crippen LogP contribution in [0.1, 0.15) is 30.1 Å². The van der Waals surface area contributed by atoms with Crippen LogP contribution in [0.2, 0.25) is 0 Å². The molecule has 1 aromatic carbocycles. The number of hydrogen-bond donors (Lipinski definition) is 2. The Morgan fingerprint density at radius 1 is 1.35 bits per heavy atom. The van der Waals surface area contributed by atoms with E-state index in [2.05, 4.69) is 5.32 Å². The Morgan fingerprint density at radius 2 is 2.10 bits per heavy atom. The average molecular weight is 280 g/mol. The Morgan fingerprint density at radius 3 is 2.75 bits per heavy atom. The first-order valence-corrected chi connectivity index (χ1v) is 6.45. The van der Waals surface area contributed by atoms with Crippen LogP contribution >= 0.6 is 0 Å². The van der Waals surface area contributed by atoms with Crippen molar-refractivity contribution in [2.24, 2.45) is 0 Å². The van der Waals surface area contributed by atoms with Gasteiger partial charge in [0.05, 0.1) is 7.11 Å². The average Bonchev–Trinajstić information content (AvgIpc) is 2.45. The summed E-state index contributed by atoms with van der Waals surface area (Å²) in [5.74, 6) is -0.606. The molecule has 0 aliphatic carbocycles. The summed E-state index contributed by atoms with van der Waals surface area (Å²) >= 11 is 0. The van der Waals surface area contributed by atoms with E-state index in [-0.39, 0.29) is 18.1 Å². The lowest BCUT2D eigenvalue weighted by molar-refractivity contribution is -0.124. The number of nitrogen functional groups attached to an aromatic ring is 1. The van der Waals surface area contributed by atoms with Gasteiger partial charge in [0.15, 0.2) is 6.61 Å². The molecule has 0 aliphatic heterocycles. The van der Waals surface area contributed by atoms with Crippen molar-refractivity contribution in [1.82, 2.24) is 5.32 Å². The molecule has 6 heteroatoms. The van der Waals surface area contributed by atoms with Crippen LogP contribution in [0.25, 0.3) is 0 Å². The van der Waals surface area contributed by atoms with E-state index in [1.54, 1.807) is 12.1 Å². The van der Waals surface area contributed by atoms with Crippen LogP contribution in [0.5, 0.6) is 5.75 Å². The maximum Gasteiger partial charge on any atom is 0.342 e. The number of methoxy groups -OCH3 is 1. The second-order valence-corrected chi connectivity index (χ2v) is 4.24. The largest absolute Gasteiger partial charge is 0.496 e. The zero-order valence-corrected chi connectivity index (χ0v) is 11.8. The van der Waals surface area contributed by atoms with Crippen LogP contribution in [0.15, 0.2) is 18.2 Å². The fourth-order valence-corrected chi connectivity index (χ4v) is 1.55. The van der Waals surface area contributed by atoms with E-state index in [1.165, 1.54) is 13.2 Å². The van der Waals surface area contributed by atoms with Gasteiger partial charge in [0, 0.05) is 12.2 Å². The minimum absolute atomic E-state index is 0.203. The molecule has 0 aliphatic rings. The van der Waals surface area contributed by atoms with Gasteiger partial charge in [-0.15, -0.1) is 0 Å². The van der Waals surface area contributed by atoms with Crippen molar-refractivity contribution in [2.75, 3.05) is 26.0 Å². The van der Waals surface area contributed by atoms with Gasteiger partial charge in [-0.2, -0.15) is 0 Å². The summed E-state index contributed by atoms with van der Waals surface area (Å²) in [5, 5.41) is 2.66. The number of esters is 1. The van der Waals surface area contributed by atoms with Crippen LogP contribution in [0, 0.1) is 0 Å². The standard InChI is InChI=1S/C14H20N2O4/c1-3-4-7-16-13(17)9-20-14(18)11-8-10(15)5-6-12(11)19-2/h5-6,8H,3-4,7,9,15H2,1-2H3,(H,16,17). The Bertz CT molecular complexity index is 474. The van der Waals surface area contributed by atoms with Crippen LogP contribution < -0.4 is 15.8 Å². The van der Waals surface area contributed by atoms with E-state index in [4.69, 9.17) is 15.2 Å². The van der Waals surface area contributed by atoms with Gasteiger partial charge in [-0.25, -0.2) is 4.79 Å². The molecule has 0 heterocycles. The van der Waals surface area contributed by atoms with Crippen molar-refractivity contribution >= 4 is 17.6 Å². The van der Waals surface area contributed by atoms with Gasteiger partial charge in [0.2, 0.25) is 0 Å². The Balaban J connectivity index is 2.54. The van der Waals surface area contributed by atoms with Gasteiger partial charge in [0.1, 0.15) is 11.3 Å². The number of benzene rings is 1. The normalized spacial score (nSPS) is 9.90. The van der Waals surface area contributed by atoms with E-state index in [1.807, 2.05) is 6.92 Å². The molecule has 0 unspecified atom stereocenters. The molecule has 0 radical (unpaired) electrons. The first-order valence-electron chi connectivity index (χ1n) is 6.45. The van der Waals surface area contributed by atoms with Gasteiger partial charge in [-0.1, -0.05) is 13.3 Å². The summed E-state index contributed by atoms with van der Waals surface area (Å²) in [4.78, 5) is 23.3. The minimum atomic E-state index is -0.639. The predicted octanol–water partition coefficient (Wildman–Crippen LogP) is 1.35. The summed E-state index contributed by atoms with van der Waals surface area (Å²) in [6, 6.07) is 4.65. The number of hydrogen-bond acceptors (Lipinski definition) is 5. The molecule has 20 heavy (non-hydrogen) atoms. The fraction of sp³-hybridized carbons (Fsp3) is 0.429. The van der Waals surface area contributed by atoms with Crippen molar-refractivity contribution in [3.8, 4) is 5.75 Å². The fourth-order valence-electron chi connectivity index (χ4n) is 1.55. The van der Waals surface area contributed by atoms with Crippen molar-refractivity contribution in [3.05, 3.63) is 23.8 Å². The molecule has 0 aromatic heterocycles. The van der Waals surface area contributed by atoms with Crippen LogP contribution in [0.4, 0.5) is 5.69 Å². The molecule has 0 spiro atoms. The summed E-state index contributed by atoms with van der Waals surface area (Å²) < 4.78 is 9.98. The number of amides is 1. The highest BCUT2D eigenvalue weighted by Crippen LogP contribution is 2.21. The number of nitrogens with two attached hydrogens (primary N) is 1. The van der Waals surface area contributed by atoms with Crippen molar-refractivity contribution < 1.29 is 19.1 Å². The Hall–Kier alpha value is -2.24. The molecule has 0 fully saturated rings. The van der Waals surface area contributed by atoms with Gasteiger partial charge in [0.25, 0.3) is 5.91 Å². The van der Waals surface area contributed by atoms with Crippen molar-refractivity contribution in [3.63, 3.8) is 0 Å². The van der Waals surface area contributed by atoms with Crippen LogP contribution in [0.3, 0.4) is 0 Å². The Kier molecular flexibility index (Phi) is 6.36. The molecule has 6 nitrogen and oxygen atoms in total. The van der Waals surface area contributed by atoms with Gasteiger partial charge < -0.3 is 20.5 Å². The number of ether oxygens (including phenoxy) is 2. The van der Waals surface area contributed by atoms with Gasteiger partial charge >= 0.3 is 5.97 Å². The molecule has 0 saturated carbocycles.